The summed E-state index contributed by atoms with van der Waals surface area (Å²) in [6.07, 6.45) is -2.92. The molecule has 2 atom stereocenters. The Hall–Kier alpha value is -3.62. The van der Waals surface area contributed by atoms with E-state index in [1.165, 1.54) is 33.7 Å². The third-order valence-corrected chi connectivity index (χ3v) is 6.47. The maximum atomic E-state index is 13.8. The number of carbonyl (C=O) groups excluding carboxylic acids is 2. The summed E-state index contributed by atoms with van der Waals surface area (Å²) < 4.78 is 67.5. The summed E-state index contributed by atoms with van der Waals surface area (Å²) in [5.41, 5.74) is 0.621. The van der Waals surface area contributed by atoms with Crippen LogP contribution in [0.15, 0.2) is 30.9 Å². The molecule has 3 aromatic rings. The van der Waals surface area contributed by atoms with Crippen molar-refractivity contribution in [1.82, 2.24) is 34.8 Å². The number of aliphatic hydroxyl groups excluding tert-OH is 1. The number of hydrogen-bond acceptors (Lipinski definition) is 6. The molecule has 4 rings (SSSR count). The lowest BCUT2D eigenvalue weighted by molar-refractivity contribution is -0.145. The van der Waals surface area contributed by atoms with Gasteiger partial charge in [0.1, 0.15) is 0 Å². The Morgan fingerprint density at radius 3 is 2.58 bits per heavy atom. The van der Waals surface area contributed by atoms with E-state index in [9.17, 15) is 36.6 Å². The van der Waals surface area contributed by atoms with Crippen LogP contribution in [0.2, 0.25) is 0 Å². The summed E-state index contributed by atoms with van der Waals surface area (Å²) >= 11 is 0. The highest BCUT2D eigenvalue weighted by molar-refractivity contribution is 5.91. The van der Waals surface area contributed by atoms with E-state index >= 15 is 0 Å². The molecule has 0 aromatic carbocycles. The molecule has 15 heteroatoms. The summed E-state index contributed by atoms with van der Waals surface area (Å²) in [7, 11) is 1.64. The standard InChI is InChI=1S/C23H26F5N7O3/c1-34-9-8-29-19(34)21(38)33-18(13-2-5-22(24,25)6-3-13)15-12-35-16(31-15)10-14(11-30-35)20(37)32-17(36)4-7-23(26,27)28/h8-13,18,20,37H,2-7H2,1H3,(H,32,36)(H,33,38)/t18-,20+/m0/s1. The molecule has 38 heavy (non-hydrogen) atoms. The number of amides is 2. The van der Waals surface area contributed by atoms with E-state index in [1.807, 2.05) is 0 Å². The fourth-order valence-corrected chi connectivity index (χ4v) is 4.39. The van der Waals surface area contributed by atoms with E-state index in [0.717, 1.165) is 0 Å². The van der Waals surface area contributed by atoms with E-state index in [4.69, 9.17) is 0 Å². The largest absolute Gasteiger partial charge is 0.389 e. The molecule has 3 N–H and O–H groups in total. The normalized spacial score (nSPS) is 17.8. The van der Waals surface area contributed by atoms with Crippen LogP contribution in [-0.2, 0) is 11.8 Å². The first kappa shape index (κ1) is 27.4. The van der Waals surface area contributed by atoms with Gasteiger partial charge in [0.15, 0.2) is 17.7 Å². The highest BCUT2D eigenvalue weighted by Gasteiger charge is 2.39. The van der Waals surface area contributed by atoms with Crippen LogP contribution in [0.1, 0.15) is 72.7 Å². The van der Waals surface area contributed by atoms with Crippen molar-refractivity contribution in [3.05, 3.63) is 47.9 Å². The van der Waals surface area contributed by atoms with Gasteiger partial charge in [-0.2, -0.15) is 18.3 Å². The maximum Gasteiger partial charge on any atom is 0.389 e. The summed E-state index contributed by atoms with van der Waals surface area (Å²) in [5.74, 6) is -4.50. The molecule has 1 aliphatic carbocycles. The highest BCUT2D eigenvalue weighted by Crippen LogP contribution is 2.41. The highest BCUT2D eigenvalue weighted by atomic mass is 19.4. The predicted octanol–water partition coefficient (Wildman–Crippen LogP) is 3.21. The van der Waals surface area contributed by atoms with Gasteiger partial charge in [-0.05, 0) is 24.8 Å². The van der Waals surface area contributed by atoms with Crippen LogP contribution < -0.4 is 10.6 Å². The van der Waals surface area contributed by atoms with E-state index < -0.39 is 49.0 Å². The lowest BCUT2D eigenvalue weighted by atomic mass is 9.81. The molecule has 1 fully saturated rings. The molecule has 206 valence electrons. The Kier molecular flexibility index (Phi) is 7.67. The molecule has 3 aromatic heterocycles. The van der Waals surface area contributed by atoms with Crippen molar-refractivity contribution in [2.45, 2.75) is 62.9 Å². The number of nitrogens with one attached hydrogen (secondary N) is 2. The quantitative estimate of drug-likeness (QED) is 0.296. The van der Waals surface area contributed by atoms with Crippen LogP contribution in [0, 0.1) is 5.92 Å². The average Bonchev–Trinajstić information content (AvgIpc) is 3.46. The summed E-state index contributed by atoms with van der Waals surface area (Å²) in [4.78, 5) is 33.2. The Labute approximate surface area is 213 Å². The second-order valence-corrected chi connectivity index (χ2v) is 9.35. The molecule has 0 saturated heterocycles. The molecule has 0 aliphatic heterocycles. The molecule has 3 heterocycles. The van der Waals surface area contributed by atoms with Gasteiger partial charge in [0.05, 0.1) is 30.6 Å². The van der Waals surface area contributed by atoms with E-state index in [0.29, 0.717) is 5.69 Å². The molecule has 0 unspecified atom stereocenters. The number of hydrogen-bond donors (Lipinski definition) is 3. The topological polar surface area (TPSA) is 126 Å². The second kappa shape index (κ2) is 10.6. The van der Waals surface area contributed by atoms with Crippen molar-refractivity contribution in [1.29, 1.82) is 0 Å². The van der Waals surface area contributed by atoms with Crippen molar-refractivity contribution >= 4 is 17.5 Å². The van der Waals surface area contributed by atoms with Crippen LogP contribution in [0.4, 0.5) is 22.0 Å². The lowest BCUT2D eigenvalue weighted by Crippen LogP contribution is -2.38. The molecule has 1 aliphatic rings. The van der Waals surface area contributed by atoms with Gasteiger partial charge in [0.25, 0.3) is 5.91 Å². The Morgan fingerprint density at radius 1 is 1.24 bits per heavy atom. The first-order valence-corrected chi connectivity index (χ1v) is 11.9. The van der Waals surface area contributed by atoms with Gasteiger partial charge in [-0.3, -0.25) is 9.59 Å². The summed E-state index contributed by atoms with van der Waals surface area (Å²) in [6.45, 7) is 0. The zero-order chi connectivity index (χ0) is 27.7. The van der Waals surface area contributed by atoms with E-state index in [1.54, 1.807) is 13.2 Å². The molecular weight excluding hydrogens is 517 g/mol. The number of alkyl halides is 5. The van der Waals surface area contributed by atoms with Crippen LogP contribution in [0.25, 0.3) is 5.65 Å². The number of carbonyl (C=O) groups is 2. The van der Waals surface area contributed by atoms with Gasteiger partial charge in [-0.15, -0.1) is 0 Å². The van der Waals surface area contributed by atoms with Crippen LogP contribution in [0.3, 0.4) is 0 Å². The number of rotatable bonds is 8. The maximum absolute atomic E-state index is 13.8. The minimum absolute atomic E-state index is 0.0703. The van der Waals surface area contributed by atoms with Crippen molar-refractivity contribution in [2.75, 3.05) is 0 Å². The Morgan fingerprint density at radius 2 is 1.95 bits per heavy atom. The predicted molar refractivity (Wildman–Crippen MR) is 122 cm³/mol. The monoisotopic (exact) mass is 543 g/mol. The Bertz CT molecular complexity index is 1300. The van der Waals surface area contributed by atoms with Crippen molar-refractivity contribution < 1.29 is 36.6 Å². The SMILES string of the molecule is Cn1ccnc1C(=O)N[C@H](c1cn2ncc([C@@H](O)NC(=O)CCC(F)(F)F)cc2n1)C1CCC(F)(F)CC1. The number of nitrogens with zero attached hydrogens (tertiary/aromatic N) is 5. The fourth-order valence-electron chi connectivity index (χ4n) is 4.39. The smallest absolute Gasteiger partial charge is 0.369 e. The Balaban J connectivity index is 1.55. The molecule has 0 bridgehead atoms. The number of halogens is 5. The zero-order valence-corrected chi connectivity index (χ0v) is 20.3. The van der Waals surface area contributed by atoms with Gasteiger partial charge in [0.2, 0.25) is 11.8 Å². The second-order valence-electron chi connectivity index (χ2n) is 9.35. The number of aromatic nitrogens is 5. The van der Waals surface area contributed by atoms with Crippen LogP contribution >= 0.6 is 0 Å². The van der Waals surface area contributed by atoms with Gasteiger partial charge >= 0.3 is 6.18 Å². The minimum Gasteiger partial charge on any atom is -0.369 e. The zero-order valence-electron chi connectivity index (χ0n) is 20.3. The van der Waals surface area contributed by atoms with E-state index in [-0.39, 0.29) is 48.6 Å². The van der Waals surface area contributed by atoms with Crippen molar-refractivity contribution in [2.24, 2.45) is 13.0 Å². The van der Waals surface area contributed by atoms with Gasteiger partial charge < -0.3 is 20.3 Å². The van der Waals surface area contributed by atoms with Crippen LogP contribution in [0.5, 0.6) is 0 Å². The fraction of sp³-hybridized carbons (Fsp3) is 0.522. The van der Waals surface area contributed by atoms with Crippen molar-refractivity contribution in [3.63, 3.8) is 0 Å². The molecule has 10 nitrogen and oxygen atoms in total. The van der Waals surface area contributed by atoms with Gasteiger partial charge in [-0.1, -0.05) is 0 Å². The number of fused-ring (bicyclic) bond motifs is 1. The summed E-state index contributed by atoms with van der Waals surface area (Å²) in [6, 6.07) is 0.630. The van der Waals surface area contributed by atoms with Gasteiger partial charge in [-0.25, -0.2) is 23.3 Å². The number of aliphatic hydroxyl groups is 1. The third-order valence-electron chi connectivity index (χ3n) is 6.47. The number of imidazole rings is 2. The molecule has 2 amide bonds. The molecule has 1 saturated carbocycles. The molecule has 0 radical (unpaired) electrons. The first-order valence-electron chi connectivity index (χ1n) is 11.9. The third kappa shape index (κ3) is 6.62. The first-order chi connectivity index (χ1) is 17.8. The van der Waals surface area contributed by atoms with Gasteiger partial charge in [0, 0.05) is 44.3 Å². The average molecular weight is 543 g/mol. The minimum atomic E-state index is -4.51. The van der Waals surface area contributed by atoms with Crippen molar-refractivity contribution in [3.8, 4) is 0 Å². The number of aryl methyl sites for hydroxylation is 1. The van der Waals surface area contributed by atoms with E-state index in [2.05, 4.69) is 25.7 Å². The molecular formula is C23H26F5N7O3. The lowest BCUT2D eigenvalue weighted by Gasteiger charge is -2.33. The van der Waals surface area contributed by atoms with Crippen LogP contribution in [-0.4, -0.2) is 53.2 Å². The summed E-state index contributed by atoms with van der Waals surface area (Å²) in [5, 5.41) is 19.3. The molecule has 0 spiro atoms.